The van der Waals surface area contributed by atoms with E-state index in [0.29, 0.717) is 0 Å². The molecule has 0 atom stereocenters. The summed E-state index contributed by atoms with van der Waals surface area (Å²) < 4.78 is 26.9. The van der Waals surface area contributed by atoms with Crippen LogP contribution in [-0.2, 0) is 24.5 Å². The minimum Gasteiger partial charge on any atom is -0.478 e. The predicted molar refractivity (Wildman–Crippen MR) is 75.6 cm³/mol. The third kappa shape index (κ3) is 99.0. The largest absolute Gasteiger partial charge is 0.478 e. The van der Waals surface area contributed by atoms with Gasteiger partial charge in [0, 0.05) is 18.2 Å². The first-order valence-corrected chi connectivity index (χ1v) is 6.49. The lowest BCUT2D eigenvalue weighted by molar-refractivity contribution is -0.132. The summed E-state index contributed by atoms with van der Waals surface area (Å²) >= 11 is 0. The van der Waals surface area contributed by atoms with Gasteiger partial charge in [-0.1, -0.05) is 19.7 Å². The van der Waals surface area contributed by atoms with Crippen LogP contribution in [0.4, 0.5) is 0 Å². The van der Waals surface area contributed by atoms with Crippen molar-refractivity contribution < 1.29 is 42.7 Å². The molecule has 0 aromatic carbocycles. The highest BCUT2D eigenvalue weighted by Crippen LogP contribution is 1.74. The highest BCUT2D eigenvalue weighted by atomic mass is 32.2. The second-order valence-corrected chi connectivity index (χ2v) is 4.24. The molecular weight excluding hydrogens is 308 g/mol. The molecule has 0 aromatic rings. The van der Waals surface area contributed by atoms with Crippen LogP contribution in [0, 0.1) is 0 Å². The maximum Gasteiger partial charge on any atom is 0.327 e. The fourth-order valence-electron chi connectivity index (χ4n) is 0. The van der Waals surface area contributed by atoms with Crippen molar-refractivity contribution in [3.05, 3.63) is 38.0 Å². The van der Waals surface area contributed by atoms with Gasteiger partial charge < -0.3 is 15.3 Å². The van der Waals surface area contributed by atoms with Gasteiger partial charge in [-0.15, -0.1) is 0 Å². The lowest BCUT2D eigenvalue weighted by Gasteiger charge is -1.79. The summed E-state index contributed by atoms with van der Waals surface area (Å²) in [6.45, 7) is 10.3. The van der Waals surface area contributed by atoms with Crippen molar-refractivity contribution in [3.63, 3.8) is 0 Å². The Morgan fingerprint density at radius 3 is 0.952 bits per heavy atom. The Morgan fingerprint density at radius 1 is 0.857 bits per heavy atom. The van der Waals surface area contributed by atoms with Crippen LogP contribution >= 0.6 is 0 Å². The molecule has 0 aromatic heterocycles. The first kappa shape index (κ1) is 27.0. The molecule has 0 aliphatic carbocycles. The zero-order valence-corrected chi connectivity index (χ0v) is 12.1. The highest BCUT2D eigenvalue weighted by molar-refractivity contribution is 7.85. The number of carboxylic acid groups (broad SMARTS) is 3. The van der Waals surface area contributed by atoms with E-state index in [1.54, 1.807) is 0 Å². The van der Waals surface area contributed by atoms with Crippen LogP contribution in [0.3, 0.4) is 0 Å². The first-order chi connectivity index (χ1) is 9.37. The van der Waals surface area contributed by atoms with E-state index in [2.05, 4.69) is 19.7 Å². The Labute approximate surface area is 122 Å². The molecule has 9 nitrogen and oxygen atoms in total. The fraction of sp³-hybridized carbons (Fsp3) is 0.182. The van der Waals surface area contributed by atoms with Crippen LogP contribution < -0.4 is 0 Å². The Bertz CT molecular complexity index is 406. The number of rotatable bonds is 4. The van der Waals surface area contributed by atoms with E-state index in [4.69, 9.17) is 19.9 Å². The molecule has 10 heteroatoms. The molecule has 0 fully saturated rings. The molecule has 0 radical (unpaired) electrons. The van der Waals surface area contributed by atoms with Crippen LogP contribution in [0.25, 0.3) is 0 Å². The maximum absolute atomic E-state index is 9.56. The minimum absolute atomic E-state index is 0.201. The van der Waals surface area contributed by atoms with E-state index in [1.807, 2.05) is 0 Å². The average Bonchev–Trinajstić information content (AvgIpc) is 2.39. The van der Waals surface area contributed by atoms with Gasteiger partial charge in [-0.25, -0.2) is 14.4 Å². The highest BCUT2D eigenvalue weighted by Gasteiger charge is 1.93. The predicted octanol–water partition coefficient (Wildman–Crippen LogP) is 0.665. The van der Waals surface area contributed by atoms with Crippen molar-refractivity contribution in [2.24, 2.45) is 0 Å². The molecule has 4 N–H and O–H groups in total. The summed E-state index contributed by atoms with van der Waals surface area (Å²) in [5, 5.41) is 22.8. The van der Waals surface area contributed by atoms with Crippen molar-refractivity contribution in [3.8, 4) is 0 Å². The molecule has 0 aliphatic heterocycles. The second-order valence-electron chi connectivity index (χ2n) is 2.50. The van der Waals surface area contributed by atoms with E-state index in [-0.39, 0.29) is 5.75 Å². The van der Waals surface area contributed by atoms with Gasteiger partial charge in [0.15, 0.2) is 0 Å². The zero-order chi connectivity index (χ0) is 18.1. The van der Waals surface area contributed by atoms with Crippen molar-refractivity contribution in [2.45, 2.75) is 6.92 Å². The van der Waals surface area contributed by atoms with Crippen molar-refractivity contribution in [2.75, 3.05) is 5.75 Å². The molecule has 0 heterocycles. The molecule has 0 bridgehead atoms. The van der Waals surface area contributed by atoms with Gasteiger partial charge >= 0.3 is 17.9 Å². The van der Waals surface area contributed by atoms with Crippen molar-refractivity contribution in [1.82, 2.24) is 0 Å². The smallest absolute Gasteiger partial charge is 0.327 e. The second kappa shape index (κ2) is 17.5. The topological polar surface area (TPSA) is 166 Å². The van der Waals surface area contributed by atoms with Gasteiger partial charge in [0.2, 0.25) is 0 Å². The summed E-state index contributed by atoms with van der Waals surface area (Å²) in [7, 11) is -3.66. The van der Waals surface area contributed by atoms with Gasteiger partial charge in [-0.3, -0.25) is 4.55 Å². The lowest BCUT2D eigenvalue weighted by Crippen LogP contribution is -1.97. The molecular formula is C11H18O9S. The molecule has 21 heavy (non-hydrogen) atoms. The SMILES string of the molecule is C=CC(=O)O.C=CC(=O)O.C=CC(=O)O.CCS(=O)(=O)O. The van der Waals surface area contributed by atoms with Gasteiger partial charge in [0.05, 0.1) is 5.75 Å². The Hall–Kier alpha value is -2.46. The maximum atomic E-state index is 9.56. The van der Waals surface area contributed by atoms with Crippen molar-refractivity contribution in [1.29, 1.82) is 0 Å². The summed E-state index contributed by atoms with van der Waals surface area (Å²) in [4.78, 5) is 27.8. The Balaban J connectivity index is -0.0000000921. The number of hydrogen-bond acceptors (Lipinski definition) is 5. The lowest BCUT2D eigenvalue weighted by atomic mass is 10.7. The Morgan fingerprint density at radius 2 is 0.952 bits per heavy atom. The summed E-state index contributed by atoms with van der Waals surface area (Å²) in [6, 6.07) is 0. The van der Waals surface area contributed by atoms with E-state index < -0.39 is 28.0 Å². The summed E-state index contributed by atoms with van der Waals surface area (Å²) in [6.07, 6.45) is 2.50. The van der Waals surface area contributed by atoms with Crippen molar-refractivity contribution >= 4 is 28.0 Å². The number of carboxylic acids is 3. The number of carbonyl (C=O) groups is 3. The minimum atomic E-state index is -3.66. The monoisotopic (exact) mass is 326 g/mol. The van der Waals surface area contributed by atoms with Crippen LogP contribution in [0.1, 0.15) is 6.92 Å². The van der Waals surface area contributed by atoms with Gasteiger partial charge in [0.1, 0.15) is 0 Å². The van der Waals surface area contributed by atoms with E-state index in [1.165, 1.54) is 6.92 Å². The quantitative estimate of drug-likeness (QED) is 0.428. The fourth-order valence-corrected chi connectivity index (χ4v) is 0. The molecule has 0 saturated carbocycles. The first-order valence-electron chi connectivity index (χ1n) is 4.89. The molecule has 0 unspecified atom stereocenters. The molecule has 0 aliphatic rings. The molecule has 122 valence electrons. The molecule has 0 rings (SSSR count). The van der Waals surface area contributed by atoms with Crippen LogP contribution in [0.15, 0.2) is 38.0 Å². The number of hydrogen-bond donors (Lipinski definition) is 4. The van der Waals surface area contributed by atoms with E-state index in [0.717, 1.165) is 18.2 Å². The van der Waals surface area contributed by atoms with Gasteiger partial charge in [0.25, 0.3) is 10.1 Å². The number of aliphatic carboxylic acids is 3. The van der Waals surface area contributed by atoms with Crippen LogP contribution in [0.5, 0.6) is 0 Å². The standard InChI is InChI=1S/3C3H4O2.C2H6O3S/c3*1-2-3(4)5;1-2-6(3,4)5/h3*2H,1H2,(H,4,5);2H2,1H3,(H,3,4,5). The van der Waals surface area contributed by atoms with Gasteiger partial charge in [-0.2, -0.15) is 8.42 Å². The summed E-state index contributed by atoms with van der Waals surface area (Å²) in [5.74, 6) is -3.15. The summed E-state index contributed by atoms with van der Waals surface area (Å²) in [5.41, 5.74) is 0. The zero-order valence-electron chi connectivity index (χ0n) is 11.3. The van der Waals surface area contributed by atoms with E-state index in [9.17, 15) is 22.8 Å². The van der Waals surface area contributed by atoms with Crippen LogP contribution in [0.2, 0.25) is 0 Å². The third-order valence-corrected chi connectivity index (χ3v) is 1.62. The molecule has 0 spiro atoms. The molecule has 0 saturated heterocycles. The third-order valence-electron chi connectivity index (χ3n) is 0.889. The Kier molecular flexibility index (Phi) is 22.5. The van der Waals surface area contributed by atoms with Crippen LogP contribution in [-0.4, -0.2) is 52.0 Å². The van der Waals surface area contributed by atoms with E-state index >= 15 is 0 Å². The van der Waals surface area contributed by atoms with Gasteiger partial charge in [-0.05, 0) is 6.92 Å². The molecule has 0 amide bonds. The average molecular weight is 326 g/mol. The normalized spacial score (nSPS) is 7.90.